The van der Waals surface area contributed by atoms with Crippen molar-refractivity contribution in [3.05, 3.63) is 59.5 Å². The predicted octanol–water partition coefficient (Wildman–Crippen LogP) is 4.17. The number of hydrogen-bond donors (Lipinski definition) is 3. The van der Waals surface area contributed by atoms with E-state index in [-0.39, 0.29) is 23.5 Å². The Labute approximate surface area is 193 Å². The van der Waals surface area contributed by atoms with Crippen molar-refractivity contribution in [2.24, 2.45) is 23.0 Å². The number of carbonyl (C=O) groups is 2. The Hall–Kier alpha value is -2.28. The molecule has 1 aliphatic carbocycles. The molecule has 0 radical (unpaired) electrons. The maximum absolute atomic E-state index is 12.9. The third-order valence-electron chi connectivity index (χ3n) is 6.33. The van der Waals surface area contributed by atoms with Gasteiger partial charge in [0.25, 0.3) is 0 Å². The minimum absolute atomic E-state index is 0.0421. The third-order valence-corrected chi connectivity index (χ3v) is 7.47. The average molecular weight is 456 g/mol. The number of thiophene rings is 1. The van der Waals surface area contributed by atoms with Crippen LogP contribution in [-0.4, -0.2) is 34.1 Å². The second kappa shape index (κ2) is 10.6. The van der Waals surface area contributed by atoms with Gasteiger partial charge in [0, 0.05) is 34.3 Å². The van der Waals surface area contributed by atoms with E-state index >= 15 is 0 Å². The summed E-state index contributed by atoms with van der Waals surface area (Å²) in [7, 11) is 0. The first-order chi connectivity index (χ1) is 15.2. The SMILES string of the molecule is CC1(C)C(=O)[C@H](C/C=C\CCCC(N)=O)[C@@H](/C=C/C(O)Cc2cc3ccccc3s2)[C@@H]1O. The number of unbranched alkanes of at least 4 members (excludes halogenated alkanes) is 1. The van der Waals surface area contributed by atoms with E-state index in [2.05, 4.69) is 18.2 Å². The molecule has 2 aromatic rings. The molecule has 1 fully saturated rings. The lowest BCUT2D eigenvalue weighted by Gasteiger charge is -2.22. The highest BCUT2D eigenvalue weighted by Crippen LogP contribution is 2.44. The zero-order valence-electron chi connectivity index (χ0n) is 18.7. The van der Waals surface area contributed by atoms with Crippen molar-refractivity contribution in [1.82, 2.24) is 0 Å². The molecule has 0 spiro atoms. The van der Waals surface area contributed by atoms with Gasteiger partial charge in [0.1, 0.15) is 5.78 Å². The number of aliphatic hydroxyl groups excluding tert-OH is 2. The molecule has 1 aliphatic rings. The fourth-order valence-corrected chi connectivity index (χ4v) is 5.54. The first-order valence-electron chi connectivity index (χ1n) is 11.2. The Morgan fingerprint density at radius 2 is 2.03 bits per heavy atom. The Bertz CT molecular complexity index is 973. The van der Waals surface area contributed by atoms with E-state index in [0.717, 1.165) is 11.3 Å². The zero-order chi connectivity index (χ0) is 23.3. The molecule has 0 bridgehead atoms. The Morgan fingerprint density at radius 3 is 2.75 bits per heavy atom. The molecule has 1 unspecified atom stereocenters. The summed E-state index contributed by atoms with van der Waals surface area (Å²) in [5.41, 5.74) is 4.33. The number of Topliss-reactive ketones (excluding diaryl/α,β-unsaturated/α-hetero) is 1. The predicted molar refractivity (Wildman–Crippen MR) is 129 cm³/mol. The molecule has 4 atom stereocenters. The van der Waals surface area contributed by atoms with Crippen LogP contribution in [0.4, 0.5) is 0 Å². The van der Waals surface area contributed by atoms with Crippen LogP contribution in [0.15, 0.2) is 54.6 Å². The molecule has 6 heteroatoms. The van der Waals surface area contributed by atoms with Crippen LogP contribution in [0.1, 0.15) is 44.4 Å². The van der Waals surface area contributed by atoms with E-state index in [0.29, 0.717) is 25.7 Å². The standard InChI is InChI=1S/C26H33NO4S/c1-26(2)24(30)20(10-5-3-4-6-12-23(27)29)21(25(26)31)14-13-18(28)16-19-15-17-9-7-8-11-22(17)32-19/h3,5,7-9,11,13-15,18,20-21,25,28,31H,4,6,10,12,16H2,1-2H3,(H2,27,29)/b5-3-,14-13+/t18?,20-,21-,25+/m1/s1. The second-order valence-electron chi connectivity index (χ2n) is 9.19. The molecule has 0 aliphatic heterocycles. The number of hydrogen-bond acceptors (Lipinski definition) is 5. The fraction of sp³-hybridized carbons (Fsp3) is 0.462. The van der Waals surface area contributed by atoms with E-state index in [4.69, 9.17) is 5.73 Å². The second-order valence-corrected chi connectivity index (χ2v) is 10.4. The van der Waals surface area contributed by atoms with Crippen molar-refractivity contribution < 1.29 is 19.8 Å². The van der Waals surface area contributed by atoms with Crippen molar-refractivity contribution in [2.45, 2.75) is 58.2 Å². The van der Waals surface area contributed by atoms with E-state index in [9.17, 15) is 19.8 Å². The summed E-state index contributed by atoms with van der Waals surface area (Å²) in [6, 6.07) is 10.2. The summed E-state index contributed by atoms with van der Waals surface area (Å²) in [5, 5.41) is 22.6. The van der Waals surface area contributed by atoms with Crippen LogP contribution in [0.5, 0.6) is 0 Å². The summed E-state index contributed by atoms with van der Waals surface area (Å²) >= 11 is 1.67. The van der Waals surface area contributed by atoms with Crippen molar-refractivity contribution in [2.75, 3.05) is 0 Å². The van der Waals surface area contributed by atoms with Gasteiger partial charge in [-0.15, -0.1) is 11.3 Å². The molecular weight excluding hydrogens is 422 g/mol. The Morgan fingerprint density at radius 1 is 1.28 bits per heavy atom. The summed E-state index contributed by atoms with van der Waals surface area (Å²) in [5.74, 6) is -0.945. The maximum Gasteiger partial charge on any atom is 0.217 e. The molecule has 32 heavy (non-hydrogen) atoms. The van der Waals surface area contributed by atoms with Gasteiger partial charge in [-0.1, -0.05) is 56.4 Å². The summed E-state index contributed by atoms with van der Waals surface area (Å²) in [4.78, 5) is 24.9. The van der Waals surface area contributed by atoms with E-state index in [1.165, 1.54) is 10.1 Å². The Kier molecular flexibility index (Phi) is 8.04. The fourth-order valence-electron chi connectivity index (χ4n) is 4.43. The molecule has 3 rings (SSSR count). The van der Waals surface area contributed by atoms with E-state index < -0.39 is 17.6 Å². The molecule has 1 aromatic heterocycles. The average Bonchev–Trinajstić information content (AvgIpc) is 3.21. The highest BCUT2D eigenvalue weighted by molar-refractivity contribution is 7.19. The van der Waals surface area contributed by atoms with Gasteiger partial charge in [0.2, 0.25) is 5.91 Å². The van der Waals surface area contributed by atoms with E-state index in [1.54, 1.807) is 31.3 Å². The smallest absolute Gasteiger partial charge is 0.217 e. The molecule has 1 saturated carbocycles. The number of aliphatic hydroxyl groups is 2. The van der Waals surface area contributed by atoms with Crippen molar-refractivity contribution in [3.8, 4) is 0 Å². The maximum atomic E-state index is 12.9. The number of ketones is 1. The number of amides is 1. The lowest BCUT2D eigenvalue weighted by atomic mass is 9.86. The number of benzene rings is 1. The van der Waals surface area contributed by atoms with Crippen molar-refractivity contribution >= 4 is 33.1 Å². The van der Waals surface area contributed by atoms with Gasteiger partial charge in [-0.3, -0.25) is 9.59 Å². The highest BCUT2D eigenvalue weighted by atomic mass is 32.1. The van der Waals surface area contributed by atoms with E-state index in [1.807, 2.05) is 30.4 Å². The van der Waals surface area contributed by atoms with Crippen molar-refractivity contribution in [3.63, 3.8) is 0 Å². The monoisotopic (exact) mass is 455 g/mol. The van der Waals surface area contributed by atoms with Crippen LogP contribution in [0, 0.1) is 17.3 Å². The third kappa shape index (κ3) is 5.74. The molecule has 1 amide bonds. The molecular formula is C26H33NO4S. The van der Waals surface area contributed by atoms with Crippen LogP contribution in [0.25, 0.3) is 10.1 Å². The normalized spacial score (nSPS) is 24.1. The summed E-state index contributed by atoms with van der Waals surface area (Å²) in [6.45, 7) is 3.57. The van der Waals surface area contributed by atoms with Gasteiger partial charge in [0.05, 0.1) is 17.6 Å². The number of rotatable bonds is 10. The molecule has 5 nitrogen and oxygen atoms in total. The number of fused-ring (bicyclic) bond motifs is 1. The number of primary amides is 1. The summed E-state index contributed by atoms with van der Waals surface area (Å²) in [6.07, 6.45) is 8.76. The van der Waals surface area contributed by atoms with Gasteiger partial charge in [-0.05, 0) is 36.8 Å². The highest BCUT2D eigenvalue weighted by Gasteiger charge is 2.52. The van der Waals surface area contributed by atoms with Crippen LogP contribution in [-0.2, 0) is 16.0 Å². The molecule has 4 N–H and O–H groups in total. The van der Waals surface area contributed by atoms with Gasteiger partial charge in [0.15, 0.2) is 0 Å². The molecule has 0 saturated heterocycles. The van der Waals surface area contributed by atoms with Crippen LogP contribution >= 0.6 is 11.3 Å². The number of carbonyl (C=O) groups excluding carboxylic acids is 2. The van der Waals surface area contributed by atoms with Crippen LogP contribution < -0.4 is 5.73 Å². The van der Waals surface area contributed by atoms with Gasteiger partial charge in [-0.2, -0.15) is 0 Å². The van der Waals surface area contributed by atoms with Gasteiger partial charge < -0.3 is 15.9 Å². The number of nitrogens with two attached hydrogens (primary N) is 1. The zero-order valence-corrected chi connectivity index (χ0v) is 19.6. The number of allylic oxidation sites excluding steroid dienone is 2. The first-order valence-corrected chi connectivity index (χ1v) is 12.0. The molecule has 1 aromatic carbocycles. The lowest BCUT2D eigenvalue weighted by Crippen LogP contribution is -2.31. The molecule has 1 heterocycles. The lowest BCUT2D eigenvalue weighted by molar-refractivity contribution is -0.129. The Balaban J connectivity index is 1.64. The minimum atomic E-state index is -0.824. The van der Waals surface area contributed by atoms with Gasteiger partial charge >= 0.3 is 0 Å². The largest absolute Gasteiger partial charge is 0.391 e. The topological polar surface area (TPSA) is 101 Å². The summed E-state index contributed by atoms with van der Waals surface area (Å²) < 4.78 is 1.19. The minimum Gasteiger partial charge on any atom is -0.391 e. The van der Waals surface area contributed by atoms with Crippen LogP contribution in [0.2, 0.25) is 0 Å². The first kappa shape index (κ1) is 24.4. The van der Waals surface area contributed by atoms with Crippen LogP contribution in [0.3, 0.4) is 0 Å². The quantitative estimate of drug-likeness (QED) is 0.370. The van der Waals surface area contributed by atoms with Crippen molar-refractivity contribution in [1.29, 1.82) is 0 Å². The van der Waals surface area contributed by atoms with Gasteiger partial charge in [-0.25, -0.2) is 0 Å². The molecule has 172 valence electrons.